The molecule has 26 heavy (non-hydrogen) atoms. The molecule has 0 spiro atoms. The molecule has 1 amide bonds. The number of aromatic nitrogens is 1. The summed E-state index contributed by atoms with van der Waals surface area (Å²) < 4.78 is 6.58. The highest BCUT2D eigenvalue weighted by Crippen LogP contribution is 2.23. The van der Waals surface area contributed by atoms with Crippen LogP contribution in [-0.4, -0.2) is 22.6 Å². The number of benzene rings is 1. The van der Waals surface area contributed by atoms with Crippen molar-refractivity contribution in [1.29, 1.82) is 0 Å². The van der Waals surface area contributed by atoms with Crippen molar-refractivity contribution in [1.82, 2.24) is 15.6 Å². The van der Waals surface area contributed by atoms with Gasteiger partial charge in [-0.1, -0.05) is 35.8 Å². The monoisotopic (exact) mass is 435 g/mol. The number of nitrogens with zero attached hydrogens (tertiary/aromatic N) is 1. The highest BCUT2D eigenvalue weighted by atomic mass is 79.9. The van der Waals surface area contributed by atoms with E-state index >= 15 is 0 Å². The second-order valence-corrected chi connectivity index (χ2v) is 7.49. The van der Waals surface area contributed by atoms with Crippen LogP contribution in [0, 0.1) is 5.92 Å². The fourth-order valence-corrected chi connectivity index (χ4v) is 2.64. The van der Waals surface area contributed by atoms with E-state index in [0.29, 0.717) is 30.4 Å². The van der Waals surface area contributed by atoms with E-state index in [1.165, 1.54) is 0 Å². The largest absolute Gasteiger partial charge is 0.493 e. The first-order chi connectivity index (χ1) is 12.5. The van der Waals surface area contributed by atoms with Crippen molar-refractivity contribution in [3.05, 3.63) is 58.3 Å². The molecule has 0 aliphatic carbocycles. The zero-order valence-corrected chi connectivity index (χ0v) is 17.2. The maximum Gasteiger partial charge on any atom is 0.261 e. The number of ether oxygens (including phenoxy) is 1. The second-order valence-electron chi connectivity index (χ2n) is 6.17. The van der Waals surface area contributed by atoms with Gasteiger partial charge in [0.25, 0.3) is 5.91 Å². The number of hydrogen-bond acceptors (Lipinski definition) is 4. The van der Waals surface area contributed by atoms with Crippen LogP contribution in [0.2, 0.25) is 0 Å². The predicted molar refractivity (Wildman–Crippen MR) is 110 cm³/mol. The molecule has 2 rings (SSSR count). The molecule has 1 aromatic carbocycles. The fraction of sp³-hybridized carbons (Fsp3) is 0.316. The molecular weight excluding hydrogens is 414 g/mol. The van der Waals surface area contributed by atoms with Gasteiger partial charge in [0.15, 0.2) is 5.11 Å². The Morgan fingerprint density at radius 2 is 2.15 bits per heavy atom. The molecule has 2 aromatic rings. The van der Waals surface area contributed by atoms with Crippen LogP contribution in [0.1, 0.15) is 36.2 Å². The maximum absolute atomic E-state index is 12.6. The number of carbonyl (C=O) groups is 1. The number of nitrogens with one attached hydrogen (secondary N) is 2. The van der Waals surface area contributed by atoms with Crippen LogP contribution in [0.25, 0.3) is 0 Å². The molecule has 1 aromatic heterocycles. The van der Waals surface area contributed by atoms with E-state index in [1.54, 1.807) is 24.5 Å². The van der Waals surface area contributed by atoms with Crippen LogP contribution in [0.5, 0.6) is 5.75 Å². The summed E-state index contributed by atoms with van der Waals surface area (Å²) in [5.74, 6) is 0.767. The van der Waals surface area contributed by atoms with E-state index < -0.39 is 0 Å². The molecule has 0 fully saturated rings. The lowest BCUT2D eigenvalue weighted by atomic mass is 10.1. The molecule has 5 nitrogen and oxygen atoms in total. The maximum atomic E-state index is 12.6. The fourth-order valence-electron chi connectivity index (χ4n) is 2.11. The second kappa shape index (κ2) is 10.2. The number of pyridine rings is 1. The highest BCUT2D eigenvalue weighted by molar-refractivity contribution is 9.10. The number of amides is 1. The molecule has 0 saturated carbocycles. The Bertz CT molecular complexity index is 754. The van der Waals surface area contributed by atoms with Gasteiger partial charge in [-0.2, -0.15) is 0 Å². The van der Waals surface area contributed by atoms with E-state index in [-0.39, 0.29) is 11.0 Å². The van der Waals surface area contributed by atoms with Gasteiger partial charge in [-0.25, -0.2) is 0 Å². The van der Waals surface area contributed by atoms with Crippen molar-refractivity contribution in [2.75, 3.05) is 6.61 Å². The van der Waals surface area contributed by atoms with Gasteiger partial charge in [0, 0.05) is 23.4 Å². The molecule has 0 radical (unpaired) electrons. The van der Waals surface area contributed by atoms with Gasteiger partial charge in [-0.15, -0.1) is 0 Å². The topological polar surface area (TPSA) is 63.2 Å². The van der Waals surface area contributed by atoms with Gasteiger partial charge < -0.3 is 10.1 Å². The lowest BCUT2D eigenvalue weighted by Gasteiger charge is -2.14. The number of hydrogen-bond donors (Lipinski definition) is 2. The first-order valence-electron chi connectivity index (χ1n) is 8.36. The number of halogens is 1. The lowest BCUT2D eigenvalue weighted by Crippen LogP contribution is -2.39. The van der Waals surface area contributed by atoms with Crippen molar-refractivity contribution < 1.29 is 9.53 Å². The summed E-state index contributed by atoms with van der Waals surface area (Å²) in [6.07, 6.45) is 4.37. The molecule has 0 atom stereocenters. The molecule has 7 heteroatoms. The third-order valence-corrected chi connectivity index (χ3v) is 4.28. The van der Waals surface area contributed by atoms with Crippen LogP contribution in [0.4, 0.5) is 0 Å². The Kier molecular flexibility index (Phi) is 8.00. The van der Waals surface area contributed by atoms with Gasteiger partial charge in [-0.05, 0) is 54.4 Å². The zero-order chi connectivity index (χ0) is 18.9. The molecule has 0 bridgehead atoms. The predicted octanol–water partition coefficient (Wildman–Crippen LogP) is 4.07. The van der Waals surface area contributed by atoms with Crippen molar-refractivity contribution in [2.24, 2.45) is 5.92 Å². The Balaban J connectivity index is 1.96. The van der Waals surface area contributed by atoms with Gasteiger partial charge in [0.05, 0.1) is 12.2 Å². The summed E-state index contributed by atoms with van der Waals surface area (Å²) >= 11 is 8.60. The third kappa shape index (κ3) is 6.72. The van der Waals surface area contributed by atoms with Crippen LogP contribution >= 0.6 is 28.1 Å². The van der Waals surface area contributed by atoms with Gasteiger partial charge in [0.1, 0.15) is 5.75 Å². The summed E-state index contributed by atoms with van der Waals surface area (Å²) in [5.41, 5.74) is 1.41. The Morgan fingerprint density at radius 1 is 1.35 bits per heavy atom. The molecular formula is C19H22BrN3O2S. The minimum Gasteiger partial charge on any atom is -0.493 e. The zero-order valence-electron chi connectivity index (χ0n) is 14.8. The van der Waals surface area contributed by atoms with E-state index in [1.807, 2.05) is 18.2 Å². The normalized spacial score (nSPS) is 10.5. The summed E-state index contributed by atoms with van der Waals surface area (Å²) in [4.78, 5) is 16.6. The SMILES string of the molecule is CC(C)CCOc1ccc(Br)cc1C(=O)NC(=S)NCc1cccnc1. The van der Waals surface area contributed by atoms with Gasteiger partial charge >= 0.3 is 0 Å². The summed E-state index contributed by atoms with van der Waals surface area (Å²) in [5, 5.41) is 5.95. The molecule has 2 N–H and O–H groups in total. The van der Waals surface area contributed by atoms with Crippen LogP contribution in [-0.2, 0) is 6.54 Å². The van der Waals surface area contributed by atoms with Crippen molar-refractivity contribution >= 4 is 39.2 Å². The summed E-state index contributed by atoms with van der Waals surface area (Å²) in [7, 11) is 0. The van der Waals surface area contributed by atoms with Gasteiger partial charge in [0.2, 0.25) is 0 Å². The van der Waals surface area contributed by atoms with Crippen molar-refractivity contribution in [2.45, 2.75) is 26.8 Å². The first-order valence-corrected chi connectivity index (χ1v) is 9.56. The average Bonchev–Trinajstić information content (AvgIpc) is 2.61. The first kappa shape index (κ1) is 20.3. The molecule has 1 heterocycles. The molecule has 0 aliphatic heterocycles. The van der Waals surface area contributed by atoms with Crippen molar-refractivity contribution in [3.63, 3.8) is 0 Å². The standard InChI is InChI=1S/C19H22BrN3O2S/c1-13(2)7-9-25-17-6-5-15(20)10-16(17)18(24)23-19(26)22-12-14-4-3-8-21-11-14/h3-6,8,10-11,13H,7,9,12H2,1-2H3,(H2,22,23,24,26). The highest BCUT2D eigenvalue weighted by Gasteiger charge is 2.15. The van der Waals surface area contributed by atoms with Crippen LogP contribution in [0.3, 0.4) is 0 Å². The quantitative estimate of drug-likeness (QED) is 0.641. The Morgan fingerprint density at radius 3 is 2.85 bits per heavy atom. The Hall–Kier alpha value is -1.99. The summed E-state index contributed by atoms with van der Waals surface area (Å²) in [6, 6.07) is 9.13. The Labute approximate surface area is 167 Å². The average molecular weight is 436 g/mol. The molecule has 0 aliphatic rings. The smallest absolute Gasteiger partial charge is 0.261 e. The van der Waals surface area contributed by atoms with E-state index in [9.17, 15) is 4.79 Å². The third-order valence-electron chi connectivity index (χ3n) is 3.54. The minimum atomic E-state index is -0.311. The van der Waals surface area contributed by atoms with Crippen LogP contribution in [0.15, 0.2) is 47.2 Å². The van der Waals surface area contributed by atoms with E-state index in [2.05, 4.69) is 45.4 Å². The van der Waals surface area contributed by atoms with Crippen LogP contribution < -0.4 is 15.4 Å². The molecule has 0 saturated heterocycles. The number of carbonyl (C=O) groups excluding carboxylic acids is 1. The van der Waals surface area contributed by atoms with Crippen molar-refractivity contribution in [3.8, 4) is 5.75 Å². The lowest BCUT2D eigenvalue weighted by molar-refractivity contribution is 0.0972. The van der Waals surface area contributed by atoms with E-state index in [4.69, 9.17) is 17.0 Å². The molecule has 0 unspecified atom stereocenters. The minimum absolute atomic E-state index is 0.256. The summed E-state index contributed by atoms with van der Waals surface area (Å²) in [6.45, 7) is 5.31. The number of thiocarbonyl (C=S) groups is 1. The number of rotatable bonds is 7. The van der Waals surface area contributed by atoms with Gasteiger partial charge in [-0.3, -0.25) is 15.1 Å². The molecule has 138 valence electrons. The van der Waals surface area contributed by atoms with E-state index in [0.717, 1.165) is 16.5 Å².